The van der Waals surface area contributed by atoms with Crippen molar-refractivity contribution in [3.8, 4) is 0 Å². The van der Waals surface area contributed by atoms with Gasteiger partial charge in [-0.25, -0.2) is 4.98 Å². The molecule has 6 nitrogen and oxygen atoms in total. The number of nitrogens with one attached hydrogen (secondary N) is 2. The van der Waals surface area contributed by atoms with E-state index in [0.29, 0.717) is 12.1 Å². The summed E-state index contributed by atoms with van der Waals surface area (Å²) >= 11 is 0. The molecule has 0 fully saturated rings. The Bertz CT molecular complexity index is 762. The SMILES string of the molecule is CCc1ccc2occ(C(=O)NCCCc3ncn[nH]3)c2c1. The van der Waals surface area contributed by atoms with E-state index in [1.807, 2.05) is 18.2 Å². The molecule has 0 spiro atoms. The van der Waals surface area contributed by atoms with Crippen LogP contribution in [-0.2, 0) is 12.8 Å². The van der Waals surface area contributed by atoms with Gasteiger partial charge in [-0.15, -0.1) is 0 Å². The van der Waals surface area contributed by atoms with E-state index >= 15 is 0 Å². The molecule has 3 rings (SSSR count). The number of fused-ring (bicyclic) bond motifs is 1. The molecule has 1 aromatic carbocycles. The summed E-state index contributed by atoms with van der Waals surface area (Å²) in [6.45, 7) is 2.67. The van der Waals surface area contributed by atoms with Crippen LogP contribution in [0, 0.1) is 0 Å². The van der Waals surface area contributed by atoms with E-state index in [2.05, 4.69) is 27.4 Å². The second kappa shape index (κ2) is 6.43. The van der Waals surface area contributed by atoms with Crippen molar-refractivity contribution in [2.45, 2.75) is 26.2 Å². The predicted molar refractivity (Wildman–Crippen MR) is 82.6 cm³/mol. The van der Waals surface area contributed by atoms with Crippen LogP contribution >= 0.6 is 0 Å². The lowest BCUT2D eigenvalue weighted by molar-refractivity contribution is 0.0954. The zero-order valence-corrected chi connectivity index (χ0v) is 12.4. The fourth-order valence-electron chi connectivity index (χ4n) is 2.38. The lowest BCUT2D eigenvalue weighted by Gasteiger charge is -2.03. The van der Waals surface area contributed by atoms with Gasteiger partial charge in [-0.1, -0.05) is 13.0 Å². The number of carbonyl (C=O) groups excluding carboxylic acids is 1. The third kappa shape index (κ3) is 3.00. The molecule has 0 unspecified atom stereocenters. The monoisotopic (exact) mass is 298 g/mol. The summed E-state index contributed by atoms with van der Waals surface area (Å²) < 4.78 is 5.45. The number of hydrogen-bond acceptors (Lipinski definition) is 4. The summed E-state index contributed by atoms with van der Waals surface area (Å²) in [7, 11) is 0. The van der Waals surface area contributed by atoms with Crippen molar-refractivity contribution < 1.29 is 9.21 Å². The van der Waals surface area contributed by atoms with Gasteiger partial charge in [0.25, 0.3) is 5.91 Å². The van der Waals surface area contributed by atoms with Crippen molar-refractivity contribution in [1.82, 2.24) is 20.5 Å². The Labute approximate surface area is 127 Å². The van der Waals surface area contributed by atoms with Crippen LogP contribution in [-0.4, -0.2) is 27.6 Å². The largest absolute Gasteiger partial charge is 0.463 e. The van der Waals surface area contributed by atoms with E-state index in [-0.39, 0.29) is 5.91 Å². The fourth-order valence-corrected chi connectivity index (χ4v) is 2.38. The first-order chi connectivity index (χ1) is 10.8. The zero-order chi connectivity index (χ0) is 15.4. The van der Waals surface area contributed by atoms with E-state index in [9.17, 15) is 4.79 Å². The molecular weight excluding hydrogens is 280 g/mol. The standard InChI is InChI=1S/C16H18N4O2/c1-2-11-5-6-14-12(8-11)13(9-22-14)16(21)17-7-3-4-15-18-10-19-20-15/h5-6,8-10H,2-4,7H2,1H3,(H,17,21)(H,18,19,20). The van der Waals surface area contributed by atoms with Crippen LogP contribution in [0.2, 0.25) is 0 Å². The first-order valence-electron chi connectivity index (χ1n) is 7.40. The minimum absolute atomic E-state index is 0.107. The maximum atomic E-state index is 12.3. The molecule has 0 bridgehead atoms. The fraction of sp³-hybridized carbons (Fsp3) is 0.312. The van der Waals surface area contributed by atoms with Crippen molar-refractivity contribution in [3.63, 3.8) is 0 Å². The van der Waals surface area contributed by atoms with Crippen LogP contribution in [0.15, 0.2) is 35.2 Å². The quantitative estimate of drug-likeness (QED) is 0.685. The minimum Gasteiger partial charge on any atom is -0.463 e. The van der Waals surface area contributed by atoms with E-state index in [1.165, 1.54) is 18.2 Å². The maximum Gasteiger partial charge on any atom is 0.255 e. The highest BCUT2D eigenvalue weighted by molar-refractivity contribution is 6.06. The maximum absolute atomic E-state index is 12.3. The highest BCUT2D eigenvalue weighted by atomic mass is 16.3. The molecule has 2 aromatic heterocycles. The first-order valence-corrected chi connectivity index (χ1v) is 7.40. The summed E-state index contributed by atoms with van der Waals surface area (Å²) in [4.78, 5) is 16.3. The highest BCUT2D eigenvalue weighted by Crippen LogP contribution is 2.22. The molecule has 1 amide bonds. The number of aryl methyl sites for hydroxylation is 2. The normalized spacial score (nSPS) is 11.0. The number of H-pyrrole nitrogens is 1. The van der Waals surface area contributed by atoms with Crippen LogP contribution in [0.25, 0.3) is 11.0 Å². The van der Waals surface area contributed by atoms with Gasteiger partial charge < -0.3 is 9.73 Å². The van der Waals surface area contributed by atoms with E-state index in [4.69, 9.17) is 4.42 Å². The average molecular weight is 298 g/mol. The Kier molecular flexibility index (Phi) is 4.18. The molecule has 0 aliphatic heterocycles. The van der Waals surface area contributed by atoms with Crippen LogP contribution < -0.4 is 5.32 Å². The molecule has 6 heteroatoms. The van der Waals surface area contributed by atoms with Crippen LogP contribution in [0.4, 0.5) is 0 Å². The second-order valence-corrected chi connectivity index (χ2v) is 5.13. The van der Waals surface area contributed by atoms with Gasteiger partial charge in [0, 0.05) is 18.4 Å². The lowest BCUT2D eigenvalue weighted by atomic mass is 10.1. The number of amides is 1. The topological polar surface area (TPSA) is 83.8 Å². The van der Waals surface area contributed by atoms with Crippen molar-refractivity contribution in [1.29, 1.82) is 0 Å². The Balaban J connectivity index is 1.62. The van der Waals surface area contributed by atoms with Crippen LogP contribution in [0.5, 0.6) is 0 Å². The Morgan fingerprint density at radius 1 is 1.41 bits per heavy atom. The van der Waals surface area contributed by atoms with Gasteiger partial charge in [-0.3, -0.25) is 9.89 Å². The zero-order valence-electron chi connectivity index (χ0n) is 12.4. The number of rotatable bonds is 6. The molecule has 3 aromatic rings. The third-order valence-corrected chi connectivity index (χ3v) is 3.63. The van der Waals surface area contributed by atoms with Gasteiger partial charge in [0.2, 0.25) is 0 Å². The molecule has 22 heavy (non-hydrogen) atoms. The number of aromatic amines is 1. The molecule has 114 valence electrons. The van der Waals surface area contributed by atoms with Gasteiger partial charge in [-0.05, 0) is 30.5 Å². The third-order valence-electron chi connectivity index (χ3n) is 3.63. The van der Waals surface area contributed by atoms with Crippen LogP contribution in [0.1, 0.15) is 35.1 Å². The minimum atomic E-state index is -0.107. The summed E-state index contributed by atoms with van der Waals surface area (Å²) in [6, 6.07) is 5.95. The number of furan rings is 1. The van der Waals surface area contributed by atoms with E-state index in [0.717, 1.165) is 36.1 Å². The summed E-state index contributed by atoms with van der Waals surface area (Å²) in [6.07, 6.45) is 5.50. The number of carbonyl (C=O) groups is 1. The van der Waals surface area contributed by atoms with Crippen molar-refractivity contribution in [3.05, 3.63) is 47.7 Å². The molecule has 0 atom stereocenters. The van der Waals surface area contributed by atoms with Crippen LogP contribution in [0.3, 0.4) is 0 Å². The molecule has 2 N–H and O–H groups in total. The summed E-state index contributed by atoms with van der Waals surface area (Å²) in [5.41, 5.74) is 2.52. The molecule has 0 aliphatic carbocycles. The van der Waals surface area contributed by atoms with Gasteiger partial charge in [-0.2, -0.15) is 5.10 Å². The molecule has 0 saturated carbocycles. The molecule has 0 saturated heterocycles. The Morgan fingerprint density at radius 3 is 3.09 bits per heavy atom. The van der Waals surface area contributed by atoms with Crippen molar-refractivity contribution in [2.75, 3.05) is 6.54 Å². The lowest BCUT2D eigenvalue weighted by Crippen LogP contribution is -2.24. The van der Waals surface area contributed by atoms with Crippen molar-refractivity contribution in [2.24, 2.45) is 0 Å². The molecule has 0 aliphatic rings. The number of hydrogen-bond donors (Lipinski definition) is 2. The Hall–Kier alpha value is -2.63. The highest BCUT2D eigenvalue weighted by Gasteiger charge is 2.13. The molecular formula is C16H18N4O2. The first kappa shape index (κ1) is 14.3. The number of benzene rings is 1. The predicted octanol–water partition coefficient (Wildman–Crippen LogP) is 2.48. The van der Waals surface area contributed by atoms with E-state index < -0.39 is 0 Å². The van der Waals surface area contributed by atoms with Crippen molar-refractivity contribution >= 4 is 16.9 Å². The molecule has 0 radical (unpaired) electrons. The number of aromatic nitrogens is 3. The smallest absolute Gasteiger partial charge is 0.255 e. The Morgan fingerprint density at radius 2 is 2.32 bits per heavy atom. The number of nitrogens with zero attached hydrogens (tertiary/aromatic N) is 2. The van der Waals surface area contributed by atoms with Gasteiger partial charge in [0.05, 0.1) is 5.56 Å². The van der Waals surface area contributed by atoms with E-state index in [1.54, 1.807) is 0 Å². The summed E-state index contributed by atoms with van der Waals surface area (Å²) in [5, 5.41) is 10.4. The van der Waals surface area contributed by atoms with Gasteiger partial charge >= 0.3 is 0 Å². The molecule has 2 heterocycles. The van der Waals surface area contributed by atoms with Gasteiger partial charge in [0.15, 0.2) is 0 Å². The van der Waals surface area contributed by atoms with Gasteiger partial charge in [0.1, 0.15) is 24.0 Å². The summed E-state index contributed by atoms with van der Waals surface area (Å²) in [5.74, 6) is 0.722. The average Bonchev–Trinajstić information content (AvgIpc) is 3.20. The second-order valence-electron chi connectivity index (χ2n) is 5.13.